The standard InChI is InChI=1S/C54H79N5O21S3.C7H14N2O2/c1-6-41-7-9-42(10-8-41)57-48(67)34-80-35-49(68)58-43(51(70)56-15-20-75-24-28-79-32-29-76-25-21-72-17-12-45(64)53(37(2)60,38(3)61)39(4)62)36-81-44-33-50(69)59(52(44)71)16-11-47(66)55-14-19-74-23-27-78-31-30-77-26-22-73-18-13-46(65)54(40(5)63)82-83-54;1-3-6(10)9-5-4-7(11)8-2/h7-10,43-44H,6,11-36H2,1-5H3,(H,55,66)(H,56,70)(H,57,67)(H,58,68);3-5H2,1-2H3,(H,8,11)(H,9,10)/t43-,44?;/m0./s1. The monoisotopic (exact) mass is 1390 g/mol. The number of ketones is 6. The molecule has 1 aromatic rings. The Bertz CT molecular complexity index is 2580. The van der Waals surface area contributed by atoms with Crippen LogP contribution < -0.4 is 31.9 Å². The van der Waals surface area contributed by atoms with Crippen molar-refractivity contribution in [1.82, 2.24) is 31.5 Å². The van der Waals surface area contributed by atoms with Crippen LogP contribution in [0.1, 0.15) is 85.6 Å². The summed E-state index contributed by atoms with van der Waals surface area (Å²) >= 11 is 0.989. The number of aryl methyl sites for hydroxylation is 1. The van der Waals surface area contributed by atoms with Gasteiger partial charge in [-0.3, -0.25) is 72.0 Å². The lowest BCUT2D eigenvalue weighted by Crippen LogP contribution is -2.50. The van der Waals surface area contributed by atoms with Gasteiger partial charge in [-0.05, 0) is 51.8 Å². The molecule has 528 valence electrons. The zero-order chi connectivity index (χ0) is 69.7. The van der Waals surface area contributed by atoms with Crippen molar-refractivity contribution < 1.29 is 110 Å². The van der Waals surface area contributed by atoms with E-state index in [1.807, 2.05) is 19.1 Å². The molecule has 33 heteroatoms. The van der Waals surface area contributed by atoms with Crippen LogP contribution >= 0.6 is 33.3 Å². The minimum Gasteiger partial charge on any atom is -0.379 e. The van der Waals surface area contributed by atoms with E-state index in [9.17, 15) is 67.1 Å². The third-order valence-electron chi connectivity index (χ3n) is 13.6. The molecule has 3 rings (SSSR count). The summed E-state index contributed by atoms with van der Waals surface area (Å²) in [5.74, 6) is -7.05. The van der Waals surface area contributed by atoms with E-state index in [4.69, 9.17) is 42.6 Å². The fourth-order valence-corrected chi connectivity index (χ4v) is 11.8. The number of thioether (sulfide) groups is 1. The first-order valence-corrected chi connectivity index (χ1v) is 34.0. The van der Waals surface area contributed by atoms with Gasteiger partial charge in [-0.2, -0.15) is 0 Å². The van der Waals surface area contributed by atoms with Crippen molar-refractivity contribution in [2.75, 3.05) is 163 Å². The van der Waals surface area contributed by atoms with Crippen LogP contribution in [0, 0.1) is 5.41 Å². The summed E-state index contributed by atoms with van der Waals surface area (Å²) in [6, 6.07) is 6.04. The Kier molecular flexibility index (Phi) is 43.4. The van der Waals surface area contributed by atoms with E-state index >= 15 is 0 Å². The fraction of sp³-hybridized carbons (Fsp3) is 0.672. The van der Waals surface area contributed by atoms with Crippen molar-refractivity contribution in [3.8, 4) is 0 Å². The molecule has 8 amide bonds. The maximum atomic E-state index is 13.4. The van der Waals surface area contributed by atoms with Crippen molar-refractivity contribution in [1.29, 1.82) is 0 Å². The average Bonchev–Trinajstić information content (AvgIpc) is 1.26. The molecule has 0 spiro atoms. The van der Waals surface area contributed by atoms with Gasteiger partial charge in [0, 0.05) is 83.2 Å². The Morgan fingerprint density at radius 3 is 1.52 bits per heavy atom. The average molecular weight is 1390 g/mol. The second-order valence-corrected chi connectivity index (χ2v) is 24.7. The minimum absolute atomic E-state index is 0.0195. The number of nitrogens with one attached hydrogen (secondary N) is 6. The van der Waals surface area contributed by atoms with Crippen LogP contribution in [0.15, 0.2) is 24.3 Å². The van der Waals surface area contributed by atoms with E-state index in [1.54, 1.807) is 26.1 Å². The molecular weight excluding hydrogens is 1290 g/mol. The molecule has 0 bridgehead atoms. The Hall–Kier alpha value is -6.11. The molecule has 0 saturated carbocycles. The Morgan fingerprint density at radius 1 is 0.564 bits per heavy atom. The number of ether oxygens (including phenoxy) is 9. The summed E-state index contributed by atoms with van der Waals surface area (Å²) in [5, 5.41) is 14.8. The van der Waals surface area contributed by atoms with Gasteiger partial charge in [0.2, 0.25) is 52.7 Å². The van der Waals surface area contributed by atoms with E-state index in [0.29, 0.717) is 51.5 Å². The number of anilines is 1. The van der Waals surface area contributed by atoms with Gasteiger partial charge in [-0.1, -0.05) is 47.6 Å². The number of amides is 8. The Balaban J connectivity index is 0.00000249. The van der Waals surface area contributed by atoms with Gasteiger partial charge in [-0.15, -0.1) is 11.8 Å². The van der Waals surface area contributed by atoms with Gasteiger partial charge in [0.15, 0.2) is 38.8 Å². The van der Waals surface area contributed by atoms with Crippen LogP contribution in [0.5, 0.6) is 0 Å². The SMILES string of the molecule is CCC(=O)NCCC(=O)NC.CCc1ccc(NC(=O)COCC(=O)N[C@@H](CSC2CC(=O)N(CCC(=O)NCCOCCOCCOCCOCCC(=O)C3(C(C)=O)SS3)C2=O)C(=O)NCCOCCOCCOCCOCCC(=O)C(C(C)=O)(C(C)=O)C(C)=O)cc1. The normalized spacial score (nSPS) is 14.2. The minimum atomic E-state index is -2.30. The molecule has 30 nitrogen and oxygen atoms in total. The second kappa shape index (κ2) is 48.6. The molecule has 2 aliphatic rings. The maximum Gasteiger partial charge on any atom is 0.250 e. The number of nitrogens with zero attached hydrogens (tertiary/aromatic N) is 1. The third kappa shape index (κ3) is 33.0. The first-order chi connectivity index (χ1) is 45.0. The number of likely N-dealkylation sites (tertiary alicyclic amines) is 1. The molecule has 2 saturated heterocycles. The highest BCUT2D eigenvalue weighted by molar-refractivity contribution is 8.94. The molecule has 94 heavy (non-hydrogen) atoms. The van der Waals surface area contributed by atoms with Gasteiger partial charge in [-0.25, -0.2) is 0 Å². The van der Waals surface area contributed by atoms with Crippen LogP contribution in [0.2, 0.25) is 0 Å². The number of rotatable bonds is 54. The topological polar surface area (TPSA) is 397 Å². The number of carbonyl (C=O) groups is 14. The molecule has 0 aromatic heterocycles. The Morgan fingerprint density at radius 2 is 1.04 bits per heavy atom. The lowest BCUT2D eigenvalue weighted by Gasteiger charge is -2.23. The Labute approximate surface area is 560 Å². The first kappa shape index (κ1) is 84.0. The predicted octanol–water partition coefficient (Wildman–Crippen LogP) is 0.306. The highest BCUT2D eigenvalue weighted by atomic mass is 33.2. The van der Waals surface area contributed by atoms with E-state index in [0.717, 1.165) is 49.4 Å². The van der Waals surface area contributed by atoms with E-state index in [2.05, 4.69) is 31.9 Å². The van der Waals surface area contributed by atoms with Crippen LogP contribution in [0.3, 0.4) is 0 Å². The third-order valence-corrected chi connectivity index (χ3v) is 18.0. The second-order valence-electron chi connectivity index (χ2n) is 20.6. The van der Waals surface area contributed by atoms with Gasteiger partial charge in [0.1, 0.15) is 19.3 Å². The van der Waals surface area contributed by atoms with Gasteiger partial charge < -0.3 is 74.5 Å². The number of hydrogen-bond donors (Lipinski definition) is 6. The quantitative estimate of drug-likeness (QED) is 0.0168. The zero-order valence-corrected chi connectivity index (χ0v) is 57.2. The highest BCUT2D eigenvalue weighted by Gasteiger charge is 2.57. The number of benzene rings is 1. The summed E-state index contributed by atoms with van der Waals surface area (Å²) in [4.78, 5) is 173. The molecule has 2 heterocycles. The maximum absolute atomic E-state index is 13.4. The summed E-state index contributed by atoms with van der Waals surface area (Å²) < 4.78 is 48.0. The number of hydrogen-bond acceptors (Lipinski definition) is 26. The molecule has 2 atom stereocenters. The van der Waals surface area contributed by atoms with Crippen LogP contribution in [-0.4, -0.2) is 260 Å². The fourth-order valence-electron chi connectivity index (χ4n) is 8.39. The number of carbonyl (C=O) groups excluding carboxylic acids is 14. The molecule has 1 aromatic carbocycles. The molecular formula is C61H93N7O23S3. The van der Waals surface area contributed by atoms with Crippen molar-refractivity contribution in [2.24, 2.45) is 5.41 Å². The highest BCUT2D eigenvalue weighted by Crippen LogP contribution is 2.66. The zero-order valence-electron chi connectivity index (χ0n) is 54.7. The van der Waals surface area contributed by atoms with Crippen molar-refractivity contribution in [3.63, 3.8) is 0 Å². The molecule has 0 aliphatic carbocycles. The largest absolute Gasteiger partial charge is 0.379 e. The summed E-state index contributed by atoms with van der Waals surface area (Å²) in [7, 11) is 4.12. The number of Topliss-reactive ketones (excluding diaryl/α,β-unsaturated/α-hetero) is 6. The van der Waals surface area contributed by atoms with E-state index in [1.165, 1.54) is 28.5 Å². The van der Waals surface area contributed by atoms with Crippen LogP contribution in [-0.2, 0) is 116 Å². The van der Waals surface area contributed by atoms with E-state index < -0.39 is 92.6 Å². The molecule has 1 unspecified atom stereocenters. The lowest BCUT2D eigenvalue weighted by atomic mass is 9.72. The van der Waals surface area contributed by atoms with Crippen molar-refractivity contribution in [3.05, 3.63) is 29.8 Å². The first-order valence-electron chi connectivity index (χ1n) is 30.8. The smallest absolute Gasteiger partial charge is 0.250 e. The molecule has 0 radical (unpaired) electrons. The van der Waals surface area contributed by atoms with Crippen molar-refractivity contribution in [2.45, 2.75) is 102 Å². The predicted molar refractivity (Wildman–Crippen MR) is 346 cm³/mol. The van der Waals surface area contributed by atoms with Crippen LogP contribution in [0.25, 0.3) is 0 Å². The molecule has 2 fully saturated rings. The van der Waals surface area contributed by atoms with Gasteiger partial charge in [0.25, 0.3) is 0 Å². The molecule has 2 aliphatic heterocycles. The summed E-state index contributed by atoms with van der Waals surface area (Å²) in [6.45, 7) is 11.0. The van der Waals surface area contributed by atoms with E-state index in [-0.39, 0.29) is 154 Å². The van der Waals surface area contributed by atoms with Crippen molar-refractivity contribution >= 4 is 121 Å². The molecule has 6 N–H and O–H groups in total. The van der Waals surface area contributed by atoms with Crippen LogP contribution in [0.4, 0.5) is 5.69 Å². The number of imide groups is 1. The summed E-state index contributed by atoms with van der Waals surface area (Å²) in [6.07, 6.45) is 1.17. The summed E-state index contributed by atoms with van der Waals surface area (Å²) in [5.41, 5.74) is -0.666. The lowest BCUT2D eigenvalue weighted by molar-refractivity contribution is -0.154. The van der Waals surface area contributed by atoms with Gasteiger partial charge in [0.05, 0.1) is 111 Å². The van der Waals surface area contributed by atoms with Gasteiger partial charge >= 0.3 is 0 Å².